The molecule has 2 atom stereocenters. The van der Waals surface area contributed by atoms with Gasteiger partial charge in [0, 0.05) is 23.5 Å². The number of fused-ring (bicyclic) bond motifs is 1. The molecular weight excluding hydrogens is 462 g/mol. The lowest BCUT2D eigenvalue weighted by Gasteiger charge is -2.35. The van der Waals surface area contributed by atoms with Crippen molar-refractivity contribution < 1.29 is 13.6 Å². The van der Waals surface area contributed by atoms with E-state index >= 15 is 4.39 Å². The van der Waals surface area contributed by atoms with Gasteiger partial charge in [0.2, 0.25) is 0 Å². The minimum absolute atomic E-state index is 0.135. The predicted octanol–water partition coefficient (Wildman–Crippen LogP) is 5.58. The van der Waals surface area contributed by atoms with E-state index in [9.17, 15) is 14.0 Å². The van der Waals surface area contributed by atoms with E-state index in [4.69, 9.17) is 0 Å². The molecule has 0 bridgehead atoms. The molecule has 1 saturated carbocycles. The fourth-order valence-corrected chi connectivity index (χ4v) is 5.32. The normalized spacial score (nSPS) is 15.4. The lowest BCUT2D eigenvalue weighted by atomic mass is 9.77. The number of rotatable bonds is 7. The van der Waals surface area contributed by atoms with Gasteiger partial charge in [-0.3, -0.25) is 9.59 Å². The van der Waals surface area contributed by atoms with Crippen molar-refractivity contribution in [1.82, 2.24) is 19.9 Å². The van der Waals surface area contributed by atoms with Gasteiger partial charge in [-0.05, 0) is 55.9 Å². The largest absolute Gasteiger partial charge is 0.347 e. The summed E-state index contributed by atoms with van der Waals surface area (Å²) in [4.78, 5) is 34.8. The summed E-state index contributed by atoms with van der Waals surface area (Å²) < 4.78 is 30.6. The highest BCUT2D eigenvalue weighted by Gasteiger charge is 2.32. The summed E-state index contributed by atoms with van der Waals surface area (Å²) >= 11 is 0. The van der Waals surface area contributed by atoms with Crippen molar-refractivity contribution in [3.05, 3.63) is 99.5 Å². The third-order valence-corrected chi connectivity index (χ3v) is 7.31. The first-order chi connectivity index (χ1) is 17.4. The molecule has 8 heteroatoms. The first-order valence-electron chi connectivity index (χ1n) is 12.3. The third-order valence-electron chi connectivity index (χ3n) is 7.31. The number of halogens is 2. The molecular formula is C28H28F2N4O2. The van der Waals surface area contributed by atoms with Crippen molar-refractivity contribution in [2.24, 2.45) is 5.92 Å². The van der Waals surface area contributed by atoms with E-state index in [1.54, 1.807) is 31.5 Å². The average molecular weight is 491 g/mol. The lowest BCUT2D eigenvalue weighted by Crippen LogP contribution is -2.38. The van der Waals surface area contributed by atoms with Crippen LogP contribution in [0.3, 0.4) is 0 Å². The van der Waals surface area contributed by atoms with Crippen molar-refractivity contribution in [2.45, 2.75) is 51.6 Å². The van der Waals surface area contributed by atoms with Gasteiger partial charge in [0.05, 0.1) is 23.0 Å². The Morgan fingerprint density at radius 3 is 2.64 bits per heavy atom. The second-order valence-corrected chi connectivity index (χ2v) is 9.39. The topological polar surface area (TPSA) is 79.8 Å². The molecule has 1 fully saturated rings. The Morgan fingerprint density at radius 1 is 1.22 bits per heavy atom. The molecule has 6 nitrogen and oxygen atoms in total. The highest BCUT2D eigenvalue weighted by Crippen LogP contribution is 2.38. The standard InChI is InChI=1S/C28H28F2N4O2/c1-3-22(26-31-13-14-32-26)34-16(2)23(20-11-6-12-21(30)24(20)28(34)36)27(35)33-25(17-7-4-8-17)18-9-5-10-19(29)15-18/h5-6,9-15,17,22,25H,3-4,7-8H2,1-2H3,(H,31,32)(H,33,35)/t22-,25?/m0/s1. The number of H-pyrrole nitrogens is 1. The molecule has 5 rings (SSSR count). The number of amides is 1. The summed E-state index contributed by atoms with van der Waals surface area (Å²) in [6.45, 7) is 3.60. The minimum Gasteiger partial charge on any atom is -0.347 e. The fraction of sp³-hybridized carbons (Fsp3) is 0.321. The molecule has 186 valence electrons. The molecule has 36 heavy (non-hydrogen) atoms. The maximum Gasteiger partial charge on any atom is 0.262 e. The molecule has 1 unspecified atom stereocenters. The van der Waals surface area contributed by atoms with E-state index in [1.165, 1.54) is 28.8 Å². The Bertz CT molecular complexity index is 1480. The highest BCUT2D eigenvalue weighted by molar-refractivity contribution is 6.08. The van der Waals surface area contributed by atoms with E-state index < -0.39 is 29.4 Å². The molecule has 2 N–H and O–H groups in total. The number of carbonyl (C=O) groups excluding carboxylic acids is 1. The molecule has 1 aliphatic carbocycles. The van der Waals surface area contributed by atoms with Crippen molar-refractivity contribution in [3.63, 3.8) is 0 Å². The Balaban J connectivity index is 1.67. The number of pyridine rings is 1. The maximum absolute atomic E-state index is 15.1. The molecule has 0 radical (unpaired) electrons. The van der Waals surface area contributed by atoms with E-state index in [-0.39, 0.29) is 28.1 Å². The van der Waals surface area contributed by atoms with Crippen molar-refractivity contribution in [3.8, 4) is 0 Å². The van der Waals surface area contributed by atoms with Crippen LogP contribution in [0.5, 0.6) is 0 Å². The number of imidazole rings is 1. The second-order valence-electron chi connectivity index (χ2n) is 9.39. The molecule has 1 aliphatic rings. The number of nitrogens with one attached hydrogen (secondary N) is 2. The van der Waals surface area contributed by atoms with Gasteiger partial charge in [-0.1, -0.05) is 37.6 Å². The van der Waals surface area contributed by atoms with Crippen LogP contribution in [0.4, 0.5) is 8.78 Å². The van der Waals surface area contributed by atoms with Crippen LogP contribution < -0.4 is 10.9 Å². The average Bonchev–Trinajstić information content (AvgIpc) is 3.34. The fourth-order valence-electron chi connectivity index (χ4n) is 5.32. The van der Waals surface area contributed by atoms with Crippen molar-refractivity contribution in [2.75, 3.05) is 0 Å². The number of hydrogen-bond acceptors (Lipinski definition) is 3. The van der Waals surface area contributed by atoms with Gasteiger partial charge in [-0.2, -0.15) is 0 Å². The highest BCUT2D eigenvalue weighted by atomic mass is 19.1. The first-order valence-corrected chi connectivity index (χ1v) is 12.3. The van der Waals surface area contributed by atoms with Crippen LogP contribution in [0.2, 0.25) is 0 Å². The van der Waals surface area contributed by atoms with E-state index in [0.29, 0.717) is 23.5 Å². The number of carbonyl (C=O) groups is 1. The van der Waals surface area contributed by atoms with Crippen LogP contribution in [-0.4, -0.2) is 20.4 Å². The van der Waals surface area contributed by atoms with E-state index in [2.05, 4.69) is 15.3 Å². The van der Waals surface area contributed by atoms with Gasteiger partial charge in [0.25, 0.3) is 11.5 Å². The summed E-state index contributed by atoms with van der Waals surface area (Å²) in [6, 6.07) is 9.68. The van der Waals surface area contributed by atoms with Crippen LogP contribution in [-0.2, 0) is 0 Å². The smallest absolute Gasteiger partial charge is 0.262 e. The zero-order valence-electron chi connectivity index (χ0n) is 20.2. The Hall–Kier alpha value is -3.81. The molecule has 2 aromatic carbocycles. The summed E-state index contributed by atoms with van der Waals surface area (Å²) in [7, 11) is 0. The Kier molecular flexibility index (Phi) is 6.43. The molecule has 0 aliphatic heterocycles. The number of benzene rings is 2. The number of hydrogen-bond donors (Lipinski definition) is 2. The number of aromatic nitrogens is 3. The van der Waals surface area contributed by atoms with Crippen LogP contribution in [0, 0.1) is 24.5 Å². The molecule has 0 spiro atoms. The summed E-state index contributed by atoms with van der Waals surface area (Å²) in [5.74, 6) is -0.747. The minimum atomic E-state index is -0.685. The van der Waals surface area contributed by atoms with Gasteiger partial charge in [0.15, 0.2) is 0 Å². The van der Waals surface area contributed by atoms with Crippen LogP contribution in [0.15, 0.2) is 59.7 Å². The summed E-state index contributed by atoms with van der Waals surface area (Å²) in [5, 5.41) is 3.22. The molecule has 2 aromatic heterocycles. The second kappa shape index (κ2) is 9.68. The monoisotopic (exact) mass is 490 g/mol. The van der Waals surface area contributed by atoms with Gasteiger partial charge in [-0.15, -0.1) is 0 Å². The van der Waals surface area contributed by atoms with Crippen LogP contribution in [0.1, 0.15) is 72.1 Å². The van der Waals surface area contributed by atoms with Crippen molar-refractivity contribution in [1.29, 1.82) is 0 Å². The maximum atomic E-state index is 15.1. The Labute approximate surface area is 207 Å². The molecule has 2 heterocycles. The number of aromatic amines is 1. The van der Waals surface area contributed by atoms with Crippen LogP contribution in [0.25, 0.3) is 10.8 Å². The van der Waals surface area contributed by atoms with E-state index in [0.717, 1.165) is 19.3 Å². The van der Waals surface area contributed by atoms with Gasteiger partial charge in [-0.25, -0.2) is 13.8 Å². The van der Waals surface area contributed by atoms with Crippen molar-refractivity contribution >= 4 is 16.7 Å². The van der Waals surface area contributed by atoms with Gasteiger partial charge >= 0.3 is 0 Å². The molecule has 0 saturated heterocycles. The predicted molar refractivity (Wildman–Crippen MR) is 134 cm³/mol. The SMILES string of the molecule is CC[C@@H](c1ncc[nH]1)n1c(C)c(C(=O)NC(c2cccc(F)c2)C2CCC2)c2cccc(F)c2c1=O. The molecule has 4 aromatic rings. The quantitative estimate of drug-likeness (QED) is 0.355. The summed E-state index contributed by atoms with van der Waals surface area (Å²) in [6.07, 6.45) is 6.65. The third kappa shape index (κ3) is 4.10. The lowest BCUT2D eigenvalue weighted by molar-refractivity contribution is 0.0900. The van der Waals surface area contributed by atoms with Gasteiger partial charge < -0.3 is 14.9 Å². The Morgan fingerprint density at radius 2 is 2.00 bits per heavy atom. The summed E-state index contributed by atoms with van der Waals surface area (Å²) in [5.41, 5.74) is 0.831. The zero-order valence-corrected chi connectivity index (χ0v) is 20.2. The van der Waals surface area contributed by atoms with Gasteiger partial charge in [0.1, 0.15) is 17.5 Å². The van der Waals surface area contributed by atoms with Crippen LogP contribution >= 0.6 is 0 Å². The first kappa shape index (κ1) is 23.9. The zero-order chi connectivity index (χ0) is 25.4. The molecule has 1 amide bonds. The van der Waals surface area contributed by atoms with E-state index in [1.807, 2.05) is 13.0 Å². The number of nitrogens with zero attached hydrogens (tertiary/aromatic N) is 2.